The molecule has 2 aromatic carbocycles. The van der Waals surface area contributed by atoms with E-state index in [1.165, 1.54) is 6.07 Å². The molecule has 150 valence electrons. The van der Waals surface area contributed by atoms with Crippen molar-refractivity contribution >= 4 is 16.7 Å². The third-order valence-corrected chi connectivity index (χ3v) is 5.29. The number of aromatic nitrogens is 3. The molecule has 4 aromatic rings. The van der Waals surface area contributed by atoms with E-state index in [1.54, 1.807) is 11.1 Å². The quantitative estimate of drug-likeness (QED) is 0.500. The first kappa shape index (κ1) is 18.4. The highest BCUT2D eigenvalue weighted by atomic mass is 19.1. The standard InChI is InChI=1S/C22H16F2N4O2/c23-14-7-8-16(17(24)12-14)20-26-21(30-27-20)18-6-3-11-28(18)22(29)19-15-5-2-1-4-13(15)9-10-25-19/h1-2,4-5,7-10,12,18H,3,6,11H2/t18-/m1/s1. The van der Waals surface area contributed by atoms with E-state index < -0.39 is 17.7 Å². The van der Waals surface area contributed by atoms with Gasteiger partial charge in [0.25, 0.3) is 5.91 Å². The number of rotatable bonds is 3. The van der Waals surface area contributed by atoms with E-state index in [-0.39, 0.29) is 23.2 Å². The summed E-state index contributed by atoms with van der Waals surface area (Å²) in [7, 11) is 0. The van der Waals surface area contributed by atoms with E-state index in [1.807, 2.05) is 30.3 Å². The second-order valence-electron chi connectivity index (χ2n) is 7.12. The van der Waals surface area contributed by atoms with Crippen molar-refractivity contribution in [2.24, 2.45) is 0 Å². The first-order valence-corrected chi connectivity index (χ1v) is 9.55. The van der Waals surface area contributed by atoms with Crippen molar-refractivity contribution in [3.63, 3.8) is 0 Å². The summed E-state index contributed by atoms with van der Waals surface area (Å²) >= 11 is 0. The molecular weight excluding hydrogens is 390 g/mol. The first-order valence-electron chi connectivity index (χ1n) is 9.55. The van der Waals surface area contributed by atoms with Crippen LogP contribution >= 0.6 is 0 Å². The van der Waals surface area contributed by atoms with E-state index in [9.17, 15) is 13.6 Å². The molecule has 0 radical (unpaired) electrons. The number of hydrogen-bond donors (Lipinski definition) is 0. The Bertz CT molecular complexity index is 1250. The second kappa shape index (κ2) is 7.29. The monoisotopic (exact) mass is 406 g/mol. The third-order valence-electron chi connectivity index (χ3n) is 5.29. The molecule has 0 unspecified atom stereocenters. The number of fused-ring (bicyclic) bond motifs is 1. The summed E-state index contributed by atoms with van der Waals surface area (Å²) in [6, 6.07) is 12.1. The maximum atomic E-state index is 14.1. The molecule has 0 aliphatic carbocycles. The number of nitrogens with zero attached hydrogens (tertiary/aromatic N) is 4. The van der Waals surface area contributed by atoms with Crippen molar-refractivity contribution in [1.29, 1.82) is 0 Å². The molecule has 1 aliphatic rings. The van der Waals surface area contributed by atoms with Gasteiger partial charge in [-0.05, 0) is 36.4 Å². The van der Waals surface area contributed by atoms with Crippen molar-refractivity contribution < 1.29 is 18.1 Å². The fraction of sp³-hybridized carbons (Fsp3) is 0.182. The third kappa shape index (κ3) is 3.10. The van der Waals surface area contributed by atoms with E-state index >= 15 is 0 Å². The Morgan fingerprint density at radius 2 is 2.00 bits per heavy atom. The summed E-state index contributed by atoms with van der Waals surface area (Å²) in [5.41, 5.74) is 0.405. The summed E-state index contributed by atoms with van der Waals surface area (Å²) in [4.78, 5) is 23.5. The Hall–Kier alpha value is -3.68. The van der Waals surface area contributed by atoms with Crippen LogP contribution in [0, 0.1) is 11.6 Å². The summed E-state index contributed by atoms with van der Waals surface area (Å²) in [5.74, 6) is -1.44. The molecule has 1 saturated heterocycles. The van der Waals surface area contributed by atoms with Gasteiger partial charge < -0.3 is 9.42 Å². The van der Waals surface area contributed by atoms with Crippen LogP contribution in [-0.2, 0) is 0 Å². The van der Waals surface area contributed by atoms with Crippen LogP contribution in [-0.4, -0.2) is 32.5 Å². The Kier molecular flexibility index (Phi) is 4.46. The SMILES string of the molecule is O=C(c1nccc2ccccc12)N1CCC[C@@H]1c1nc(-c2ccc(F)cc2F)no1. The highest BCUT2D eigenvalue weighted by molar-refractivity contribution is 6.05. The van der Waals surface area contributed by atoms with Gasteiger partial charge in [0, 0.05) is 24.2 Å². The minimum atomic E-state index is -0.776. The summed E-state index contributed by atoms with van der Waals surface area (Å²) < 4.78 is 32.6. The lowest BCUT2D eigenvalue weighted by atomic mass is 10.1. The fourth-order valence-electron chi connectivity index (χ4n) is 3.84. The number of carbonyl (C=O) groups excluding carboxylic acids is 1. The summed E-state index contributed by atoms with van der Waals surface area (Å²) in [5, 5.41) is 5.54. The van der Waals surface area contributed by atoms with Gasteiger partial charge in [-0.15, -0.1) is 0 Å². The molecule has 1 fully saturated rings. The lowest BCUT2D eigenvalue weighted by Gasteiger charge is -2.22. The van der Waals surface area contributed by atoms with Crippen molar-refractivity contribution in [2.75, 3.05) is 6.54 Å². The molecule has 2 aromatic heterocycles. The van der Waals surface area contributed by atoms with Crippen LogP contribution in [0.4, 0.5) is 8.78 Å². The number of benzene rings is 2. The number of hydrogen-bond acceptors (Lipinski definition) is 5. The minimum Gasteiger partial charge on any atom is -0.337 e. The van der Waals surface area contributed by atoms with Gasteiger partial charge in [-0.3, -0.25) is 9.78 Å². The van der Waals surface area contributed by atoms with Crippen LogP contribution in [0.2, 0.25) is 0 Å². The zero-order chi connectivity index (χ0) is 20.7. The molecule has 30 heavy (non-hydrogen) atoms. The predicted molar refractivity (Wildman–Crippen MR) is 104 cm³/mol. The van der Waals surface area contributed by atoms with Crippen LogP contribution in [0.3, 0.4) is 0 Å². The van der Waals surface area contributed by atoms with Crippen LogP contribution in [0.25, 0.3) is 22.2 Å². The fourth-order valence-corrected chi connectivity index (χ4v) is 3.84. The average Bonchev–Trinajstić information content (AvgIpc) is 3.42. The van der Waals surface area contributed by atoms with E-state index in [0.717, 1.165) is 29.3 Å². The molecule has 8 heteroatoms. The smallest absolute Gasteiger partial charge is 0.273 e. The van der Waals surface area contributed by atoms with Crippen molar-refractivity contribution in [3.8, 4) is 11.4 Å². The minimum absolute atomic E-state index is 0.0186. The molecule has 6 nitrogen and oxygen atoms in total. The zero-order valence-electron chi connectivity index (χ0n) is 15.8. The van der Waals surface area contributed by atoms with Crippen molar-refractivity contribution in [2.45, 2.75) is 18.9 Å². The zero-order valence-corrected chi connectivity index (χ0v) is 15.8. The molecule has 0 N–H and O–H groups in total. The molecule has 3 heterocycles. The number of carbonyl (C=O) groups is 1. The van der Waals surface area contributed by atoms with E-state index in [4.69, 9.17) is 4.52 Å². The Balaban J connectivity index is 1.47. The van der Waals surface area contributed by atoms with E-state index in [2.05, 4.69) is 15.1 Å². The van der Waals surface area contributed by atoms with Gasteiger partial charge >= 0.3 is 0 Å². The van der Waals surface area contributed by atoms with Gasteiger partial charge in [-0.25, -0.2) is 8.78 Å². The molecular formula is C22H16F2N4O2. The first-order chi connectivity index (χ1) is 14.6. The maximum Gasteiger partial charge on any atom is 0.273 e. The molecule has 0 saturated carbocycles. The van der Waals surface area contributed by atoms with Crippen LogP contribution in [0.15, 0.2) is 59.3 Å². The lowest BCUT2D eigenvalue weighted by Crippen LogP contribution is -2.31. The second-order valence-corrected chi connectivity index (χ2v) is 7.12. The molecule has 0 spiro atoms. The molecule has 0 bridgehead atoms. The molecule has 1 atom stereocenters. The Morgan fingerprint density at radius 3 is 2.87 bits per heavy atom. The maximum absolute atomic E-state index is 14.1. The molecule has 1 amide bonds. The summed E-state index contributed by atoms with van der Waals surface area (Å²) in [6.45, 7) is 0.525. The van der Waals surface area contributed by atoms with E-state index in [0.29, 0.717) is 18.7 Å². The Labute approximate surface area is 170 Å². The average molecular weight is 406 g/mol. The van der Waals surface area contributed by atoms with Crippen molar-refractivity contribution in [1.82, 2.24) is 20.0 Å². The van der Waals surface area contributed by atoms with Gasteiger partial charge in [0.15, 0.2) is 0 Å². The van der Waals surface area contributed by atoms with Gasteiger partial charge in [0.05, 0.1) is 5.56 Å². The highest BCUT2D eigenvalue weighted by Gasteiger charge is 2.35. The van der Waals surface area contributed by atoms with Gasteiger partial charge in [0.2, 0.25) is 11.7 Å². The van der Waals surface area contributed by atoms with Gasteiger partial charge in [0.1, 0.15) is 23.4 Å². The number of likely N-dealkylation sites (tertiary alicyclic amines) is 1. The highest BCUT2D eigenvalue weighted by Crippen LogP contribution is 2.34. The topological polar surface area (TPSA) is 72.1 Å². The normalized spacial score (nSPS) is 16.3. The number of amides is 1. The number of halogens is 2. The van der Waals surface area contributed by atoms with Crippen LogP contribution in [0.1, 0.15) is 35.3 Å². The van der Waals surface area contributed by atoms with Gasteiger partial charge in [-0.1, -0.05) is 29.4 Å². The summed E-state index contributed by atoms with van der Waals surface area (Å²) in [6.07, 6.45) is 3.02. The molecule has 5 rings (SSSR count). The largest absolute Gasteiger partial charge is 0.337 e. The van der Waals surface area contributed by atoms with Gasteiger partial charge in [-0.2, -0.15) is 4.98 Å². The number of pyridine rings is 1. The van der Waals surface area contributed by atoms with Crippen LogP contribution < -0.4 is 0 Å². The predicted octanol–water partition coefficient (Wildman–Crippen LogP) is 4.54. The lowest BCUT2D eigenvalue weighted by molar-refractivity contribution is 0.0706. The van der Waals surface area contributed by atoms with Crippen LogP contribution in [0.5, 0.6) is 0 Å². The Morgan fingerprint density at radius 1 is 1.13 bits per heavy atom. The van der Waals surface area contributed by atoms with Crippen molar-refractivity contribution in [3.05, 3.63) is 77.9 Å². The molecule has 1 aliphatic heterocycles.